The molecule has 0 radical (unpaired) electrons. The molecule has 0 aliphatic carbocycles. The van der Waals surface area contributed by atoms with Crippen molar-refractivity contribution in [1.29, 1.82) is 0 Å². The van der Waals surface area contributed by atoms with Crippen LogP contribution in [-0.2, 0) is 0 Å². The van der Waals surface area contributed by atoms with E-state index in [0.29, 0.717) is 0 Å². The van der Waals surface area contributed by atoms with Crippen molar-refractivity contribution in [3.63, 3.8) is 0 Å². The van der Waals surface area contributed by atoms with Crippen molar-refractivity contribution in [2.45, 2.75) is 0 Å². The molecule has 1 rings (SSSR count). The summed E-state index contributed by atoms with van der Waals surface area (Å²) < 4.78 is 2.37. The van der Waals surface area contributed by atoms with E-state index in [-0.39, 0.29) is 0 Å². The summed E-state index contributed by atoms with van der Waals surface area (Å²) in [6, 6.07) is 6.33. The van der Waals surface area contributed by atoms with E-state index in [0.717, 1.165) is 9.80 Å². The molecule has 0 saturated heterocycles. The second-order valence-corrected chi connectivity index (χ2v) is 5.07. The summed E-state index contributed by atoms with van der Waals surface area (Å²) in [5, 5.41) is 0.899. The van der Waals surface area contributed by atoms with Crippen LogP contribution < -0.4 is 0 Å². The monoisotopic (exact) mass is 400 g/mol. The summed E-state index contributed by atoms with van der Waals surface area (Å²) in [4.78, 5) is 0. The van der Waals surface area contributed by atoms with Gasteiger partial charge in [-0.1, -0.05) is 44.0 Å². The Morgan fingerprint density at radius 2 is 2.08 bits per heavy atom. The maximum atomic E-state index is 3.45. The van der Waals surface area contributed by atoms with Gasteiger partial charge in [0.05, 0.1) is 0 Å². The Balaban J connectivity index is 2.93. The van der Waals surface area contributed by atoms with Crippen LogP contribution in [0.3, 0.4) is 0 Å². The van der Waals surface area contributed by atoms with Crippen LogP contribution in [0.25, 0.3) is 6.08 Å². The minimum absolute atomic E-state index is 0.899. The molecule has 0 fully saturated rings. The molecule has 0 atom stereocenters. The molecule has 3 heteroatoms. The summed E-state index contributed by atoms with van der Waals surface area (Å²) in [5.41, 5.74) is 1.23. The highest BCUT2D eigenvalue weighted by Gasteiger charge is 1.92. The van der Waals surface area contributed by atoms with E-state index in [2.05, 4.69) is 84.8 Å². The van der Waals surface area contributed by atoms with Gasteiger partial charge in [-0.3, -0.25) is 0 Å². The molecular weight excluding hydrogens is 395 g/mol. The summed E-state index contributed by atoms with van der Waals surface area (Å²) in [6.07, 6.45) is 4.18. The van der Waals surface area contributed by atoms with Gasteiger partial charge in [-0.25, -0.2) is 0 Å². The first kappa shape index (κ1) is 10.7. The lowest BCUT2D eigenvalue weighted by molar-refractivity contribution is 1.56. The fraction of sp³-hybridized carbons (Fsp3) is 0.111. The molecule has 0 unspecified atom stereocenters. The van der Waals surface area contributed by atoms with Gasteiger partial charge in [0.15, 0.2) is 0 Å². The lowest BCUT2D eigenvalue weighted by Crippen LogP contribution is -1.76. The van der Waals surface area contributed by atoms with E-state index < -0.39 is 0 Å². The molecule has 0 aliphatic rings. The molecule has 0 nitrogen and oxygen atoms in total. The van der Waals surface area contributed by atoms with Gasteiger partial charge >= 0.3 is 0 Å². The van der Waals surface area contributed by atoms with Crippen molar-refractivity contribution >= 4 is 60.5 Å². The third-order valence-corrected chi connectivity index (χ3v) is 2.74. The van der Waals surface area contributed by atoms with Crippen LogP contribution in [0.4, 0.5) is 0 Å². The van der Waals surface area contributed by atoms with Gasteiger partial charge in [-0.15, -0.1) is 0 Å². The Morgan fingerprint density at radius 3 is 2.67 bits per heavy atom. The number of hydrogen-bond acceptors (Lipinski definition) is 0. The first-order chi connectivity index (χ1) is 5.72. The summed E-state index contributed by atoms with van der Waals surface area (Å²) >= 11 is 9.11. The van der Waals surface area contributed by atoms with Crippen molar-refractivity contribution in [2.24, 2.45) is 0 Å². The fourth-order valence-electron chi connectivity index (χ4n) is 0.852. The van der Waals surface area contributed by atoms with Gasteiger partial charge in [-0.2, -0.15) is 0 Å². The van der Waals surface area contributed by atoms with E-state index in [1.807, 2.05) is 0 Å². The van der Waals surface area contributed by atoms with Crippen LogP contribution in [0.1, 0.15) is 5.56 Å². The smallest absolute Gasteiger partial charge is 0.0215 e. The molecule has 12 heavy (non-hydrogen) atoms. The molecule has 64 valence electrons. The SMILES string of the molecule is BrCC=Cc1cc(Br)cc(I)c1. The predicted octanol–water partition coefficient (Wildman–Crippen LogP) is 4.46. The van der Waals surface area contributed by atoms with Crippen LogP contribution in [0.2, 0.25) is 0 Å². The standard InChI is InChI=1S/C9H7Br2I/c10-3-1-2-7-4-8(11)6-9(12)5-7/h1-2,4-6H,3H2. The minimum atomic E-state index is 0.899. The first-order valence-corrected chi connectivity index (χ1v) is 6.40. The molecule has 0 saturated carbocycles. The number of allylic oxidation sites excluding steroid dienone is 1. The maximum Gasteiger partial charge on any atom is 0.0215 e. The van der Waals surface area contributed by atoms with Crippen LogP contribution in [0.5, 0.6) is 0 Å². The number of benzene rings is 1. The van der Waals surface area contributed by atoms with Crippen LogP contribution in [0.15, 0.2) is 28.7 Å². The first-order valence-electron chi connectivity index (χ1n) is 3.41. The van der Waals surface area contributed by atoms with Crippen molar-refractivity contribution in [3.05, 3.63) is 37.9 Å². The average Bonchev–Trinajstić information content (AvgIpc) is 1.99. The Hall–Kier alpha value is 0.650. The van der Waals surface area contributed by atoms with Crippen molar-refractivity contribution < 1.29 is 0 Å². The average molecular weight is 402 g/mol. The van der Waals surface area contributed by atoms with Crippen LogP contribution >= 0.6 is 54.5 Å². The number of rotatable bonds is 2. The summed E-state index contributed by atoms with van der Waals surface area (Å²) in [5.74, 6) is 0. The maximum absolute atomic E-state index is 3.45. The van der Waals surface area contributed by atoms with E-state index in [9.17, 15) is 0 Å². The van der Waals surface area contributed by atoms with E-state index in [1.54, 1.807) is 0 Å². The zero-order valence-corrected chi connectivity index (χ0v) is 11.6. The molecule has 1 aromatic rings. The molecule has 1 aromatic carbocycles. The quantitative estimate of drug-likeness (QED) is 0.507. The Kier molecular flexibility index (Phi) is 4.82. The second-order valence-electron chi connectivity index (χ2n) is 2.26. The van der Waals surface area contributed by atoms with Gasteiger partial charge in [-0.05, 0) is 46.4 Å². The van der Waals surface area contributed by atoms with Gasteiger partial charge in [0.1, 0.15) is 0 Å². The van der Waals surface area contributed by atoms with Crippen molar-refractivity contribution in [2.75, 3.05) is 5.33 Å². The van der Waals surface area contributed by atoms with Gasteiger partial charge in [0.25, 0.3) is 0 Å². The molecular formula is C9H7Br2I. The highest BCUT2D eigenvalue weighted by Crippen LogP contribution is 2.18. The lowest BCUT2D eigenvalue weighted by Gasteiger charge is -1.96. The lowest BCUT2D eigenvalue weighted by atomic mass is 10.2. The molecule has 0 spiro atoms. The minimum Gasteiger partial charge on any atom is -0.0883 e. The molecule has 0 N–H and O–H groups in total. The zero-order valence-electron chi connectivity index (χ0n) is 6.23. The summed E-state index contributed by atoms with van der Waals surface area (Å²) in [7, 11) is 0. The van der Waals surface area contributed by atoms with Gasteiger partial charge < -0.3 is 0 Å². The van der Waals surface area contributed by atoms with Crippen LogP contribution in [-0.4, -0.2) is 5.33 Å². The number of hydrogen-bond donors (Lipinski definition) is 0. The molecule has 0 amide bonds. The third-order valence-electron chi connectivity index (χ3n) is 1.28. The number of alkyl halides is 1. The van der Waals surface area contributed by atoms with E-state index >= 15 is 0 Å². The van der Waals surface area contributed by atoms with Crippen molar-refractivity contribution in [3.8, 4) is 0 Å². The van der Waals surface area contributed by atoms with E-state index in [1.165, 1.54) is 9.13 Å². The largest absolute Gasteiger partial charge is 0.0883 e. The normalized spacial score (nSPS) is 10.9. The van der Waals surface area contributed by atoms with E-state index in [4.69, 9.17) is 0 Å². The Morgan fingerprint density at radius 1 is 1.33 bits per heavy atom. The molecule has 0 bridgehead atoms. The third kappa shape index (κ3) is 3.58. The van der Waals surface area contributed by atoms with Gasteiger partial charge in [0, 0.05) is 13.4 Å². The topological polar surface area (TPSA) is 0 Å². The highest BCUT2D eigenvalue weighted by molar-refractivity contribution is 14.1. The summed E-state index contributed by atoms with van der Waals surface area (Å²) in [6.45, 7) is 0. The Labute approximate surface area is 103 Å². The molecule has 0 heterocycles. The number of halogens is 3. The molecule has 0 aromatic heterocycles. The van der Waals surface area contributed by atoms with Crippen molar-refractivity contribution in [1.82, 2.24) is 0 Å². The van der Waals surface area contributed by atoms with Crippen LogP contribution in [0, 0.1) is 3.57 Å². The highest BCUT2D eigenvalue weighted by atomic mass is 127. The second kappa shape index (κ2) is 5.40. The zero-order chi connectivity index (χ0) is 8.97. The van der Waals surface area contributed by atoms with Gasteiger partial charge in [0.2, 0.25) is 0 Å². The fourth-order valence-corrected chi connectivity index (χ4v) is 2.67. The molecule has 0 aliphatic heterocycles. The predicted molar refractivity (Wildman–Crippen MR) is 69.7 cm³/mol. The Bertz CT molecular complexity index is 274.